The number of nitrogens with zero attached hydrogens (tertiary/aromatic N) is 2. The number of carbonyl (C=O) groups is 1. The number of para-hydroxylation sites is 2. The van der Waals surface area contributed by atoms with E-state index in [4.69, 9.17) is 21.1 Å². The molecule has 0 unspecified atom stereocenters. The predicted octanol–water partition coefficient (Wildman–Crippen LogP) is 4.77. The molecular formula is C21H18ClFN4O4. The first kappa shape index (κ1) is 22.0. The Balaban J connectivity index is 1.82. The molecule has 2 N–H and O–H groups in total. The van der Waals surface area contributed by atoms with E-state index in [1.807, 2.05) is 0 Å². The van der Waals surface area contributed by atoms with Gasteiger partial charge in [0.05, 0.1) is 12.8 Å². The Labute approximate surface area is 182 Å². The molecular weight excluding hydrogens is 427 g/mol. The van der Waals surface area contributed by atoms with E-state index in [-0.39, 0.29) is 17.5 Å². The molecule has 0 saturated carbocycles. The summed E-state index contributed by atoms with van der Waals surface area (Å²) < 4.78 is 26.1. The number of rotatable bonds is 8. The van der Waals surface area contributed by atoms with E-state index in [9.17, 15) is 9.18 Å². The minimum Gasteiger partial charge on any atom is -0.436 e. The molecule has 0 aliphatic heterocycles. The highest BCUT2D eigenvalue weighted by molar-refractivity contribution is 6.31. The first-order valence-corrected chi connectivity index (χ1v) is 9.33. The summed E-state index contributed by atoms with van der Waals surface area (Å²) in [6, 6.07) is 11.5. The van der Waals surface area contributed by atoms with Crippen LogP contribution in [0.25, 0.3) is 0 Å². The van der Waals surface area contributed by atoms with Crippen molar-refractivity contribution in [3.8, 4) is 23.3 Å². The fraction of sp³-hybridized carbons (Fsp3) is 0.0952. The largest absolute Gasteiger partial charge is 0.436 e. The van der Waals surface area contributed by atoms with E-state index < -0.39 is 11.7 Å². The first-order valence-electron chi connectivity index (χ1n) is 8.96. The maximum absolute atomic E-state index is 14.9. The van der Waals surface area contributed by atoms with Crippen LogP contribution >= 0.6 is 11.6 Å². The number of nitrogens with one attached hydrogen (secondary N) is 2. The number of aromatic nitrogens is 2. The number of carbonyl (C=O) groups excluding carboxylic acids is 1. The quantitative estimate of drug-likeness (QED) is 0.382. The van der Waals surface area contributed by atoms with Crippen LogP contribution in [0.4, 0.5) is 10.1 Å². The minimum absolute atomic E-state index is 0.173. The number of amides is 1. The molecule has 3 aromatic rings. The molecule has 0 radical (unpaired) electrons. The van der Waals surface area contributed by atoms with E-state index in [0.29, 0.717) is 22.0 Å². The van der Waals surface area contributed by atoms with Gasteiger partial charge in [0.2, 0.25) is 11.7 Å². The van der Waals surface area contributed by atoms with Crippen LogP contribution in [0, 0.1) is 12.7 Å². The molecule has 3 rings (SSSR count). The highest BCUT2D eigenvalue weighted by Gasteiger charge is 2.18. The third kappa shape index (κ3) is 5.68. The maximum atomic E-state index is 14.9. The third-order valence-corrected chi connectivity index (χ3v) is 4.33. The van der Waals surface area contributed by atoms with Crippen molar-refractivity contribution < 1.29 is 23.5 Å². The molecule has 31 heavy (non-hydrogen) atoms. The Morgan fingerprint density at radius 2 is 1.74 bits per heavy atom. The molecule has 1 amide bonds. The van der Waals surface area contributed by atoms with E-state index in [2.05, 4.69) is 25.6 Å². The topological polar surface area (TPSA) is 94.6 Å². The lowest BCUT2D eigenvalue weighted by Crippen LogP contribution is -2.11. The second-order valence-corrected chi connectivity index (χ2v) is 6.41. The zero-order chi connectivity index (χ0) is 22.2. The van der Waals surface area contributed by atoms with Gasteiger partial charge in [-0.15, -0.1) is 0 Å². The number of hydrogen-bond donors (Lipinski definition) is 2. The van der Waals surface area contributed by atoms with Crippen LogP contribution in [0.15, 0.2) is 61.1 Å². The van der Waals surface area contributed by atoms with E-state index in [1.54, 1.807) is 49.4 Å². The molecule has 1 aromatic heterocycles. The molecule has 1 heterocycles. The lowest BCUT2D eigenvalue weighted by atomic mass is 10.2. The second-order valence-electron chi connectivity index (χ2n) is 6.01. The van der Waals surface area contributed by atoms with Crippen LogP contribution in [0.3, 0.4) is 0 Å². The maximum Gasteiger partial charge on any atom is 0.263 e. The van der Waals surface area contributed by atoms with E-state index >= 15 is 0 Å². The fourth-order valence-corrected chi connectivity index (χ4v) is 2.56. The summed E-state index contributed by atoms with van der Waals surface area (Å²) in [7, 11) is 1.41. The summed E-state index contributed by atoms with van der Waals surface area (Å²) in [6.45, 7) is 1.74. The summed E-state index contributed by atoms with van der Waals surface area (Å²) in [5, 5.41) is 3.09. The van der Waals surface area contributed by atoms with E-state index in [0.717, 1.165) is 6.33 Å². The molecule has 2 aromatic carbocycles. The zero-order valence-electron chi connectivity index (χ0n) is 16.6. The molecule has 10 heteroatoms. The molecule has 160 valence electrons. The molecule has 8 nitrogen and oxygen atoms in total. The Hall–Kier alpha value is -3.69. The van der Waals surface area contributed by atoms with Gasteiger partial charge in [0.1, 0.15) is 12.1 Å². The van der Waals surface area contributed by atoms with Gasteiger partial charge in [-0.1, -0.05) is 29.8 Å². The molecule has 0 fully saturated rings. The average molecular weight is 445 g/mol. The van der Waals surface area contributed by atoms with Gasteiger partial charge in [-0.05, 0) is 31.2 Å². The summed E-state index contributed by atoms with van der Waals surface area (Å²) in [4.78, 5) is 24.3. The van der Waals surface area contributed by atoms with Crippen LogP contribution in [0.5, 0.6) is 23.3 Å². The van der Waals surface area contributed by atoms with Crippen molar-refractivity contribution in [3.63, 3.8) is 0 Å². The Morgan fingerprint density at radius 3 is 2.48 bits per heavy atom. The van der Waals surface area contributed by atoms with Crippen LogP contribution < -0.4 is 20.3 Å². The highest BCUT2D eigenvalue weighted by Crippen LogP contribution is 2.34. The Morgan fingerprint density at radius 1 is 1.06 bits per heavy atom. The number of benzene rings is 2. The summed E-state index contributed by atoms with van der Waals surface area (Å²) in [5.74, 6) is -1.54. The number of ether oxygens (including phenoxy) is 2. The second kappa shape index (κ2) is 10.4. The fourth-order valence-electron chi connectivity index (χ4n) is 2.40. The molecule has 0 saturated heterocycles. The Bertz CT molecular complexity index is 1110. The van der Waals surface area contributed by atoms with Gasteiger partial charge in [0, 0.05) is 22.9 Å². The number of halogens is 2. The van der Waals surface area contributed by atoms with Crippen LogP contribution in [-0.2, 0) is 9.63 Å². The first-order chi connectivity index (χ1) is 15.0. The van der Waals surface area contributed by atoms with Crippen LogP contribution in [0.1, 0.15) is 5.56 Å². The van der Waals surface area contributed by atoms with Gasteiger partial charge in [-0.2, -0.15) is 14.4 Å². The van der Waals surface area contributed by atoms with Crippen molar-refractivity contribution in [2.24, 2.45) is 0 Å². The predicted molar refractivity (Wildman–Crippen MR) is 113 cm³/mol. The molecule has 0 aliphatic carbocycles. The standard InChI is InChI=1S/C21H18ClFN4O4/c1-13-14(22)6-5-9-16(13)30-20-19(23)21(25-12-24-20)31-17-8-4-3-7-15(17)27-18(28)10-11-26-29-2/h3-12,26H,1-2H3,(H,27,28). The Kier molecular flexibility index (Phi) is 7.36. The minimum atomic E-state index is -0.910. The van der Waals surface area contributed by atoms with Crippen molar-refractivity contribution in [1.82, 2.24) is 15.4 Å². The number of anilines is 1. The average Bonchev–Trinajstić information content (AvgIpc) is 2.75. The molecule has 0 atom stereocenters. The molecule has 0 spiro atoms. The lowest BCUT2D eigenvalue weighted by molar-refractivity contribution is -0.112. The van der Waals surface area contributed by atoms with Crippen molar-refractivity contribution in [3.05, 3.63) is 77.5 Å². The van der Waals surface area contributed by atoms with Gasteiger partial charge in [-0.25, -0.2) is 0 Å². The monoisotopic (exact) mass is 444 g/mol. The van der Waals surface area contributed by atoms with Gasteiger partial charge in [0.25, 0.3) is 11.8 Å². The number of hydrogen-bond acceptors (Lipinski definition) is 7. The smallest absolute Gasteiger partial charge is 0.263 e. The molecule has 0 bridgehead atoms. The lowest BCUT2D eigenvalue weighted by Gasteiger charge is -2.13. The van der Waals surface area contributed by atoms with E-state index in [1.165, 1.54) is 19.4 Å². The van der Waals surface area contributed by atoms with Gasteiger partial charge >= 0.3 is 0 Å². The van der Waals surface area contributed by atoms with Crippen LogP contribution in [0.2, 0.25) is 5.02 Å². The number of hydroxylamine groups is 1. The summed E-state index contributed by atoms with van der Waals surface area (Å²) >= 11 is 6.08. The third-order valence-electron chi connectivity index (χ3n) is 3.92. The van der Waals surface area contributed by atoms with Gasteiger partial charge < -0.3 is 14.8 Å². The summed E-state index contributed by atoms with van der Waals surface area (Å²) in [6.07, 6.45) is 3.63. The normalized spacial score (nSPS) is 10.7. The van der Waals surface area contributed by atoms with Crippen molar-refractivity contribution in [1.29, 1.82) is 0 Å². The van der Waals surface area contributed by atoms with Crippen LogP contribution in [-0.4, -0.2) is 23.0 Å². The van der Waals surface area contributed by atoms with Gasteiger partial charge in [0.15, 0.2) is 5.75 Å². The van der Waals surface area contributed by atoms with Crippen molar-refractivity contribution >= 4 is 23.2 Å². The molecule has 0 aliphatic rings. The van der Waals surface area contributed by atoms with Crippen molar-refractivity contribution in [2.75, 3.05) is 12.4 Å². The van der Waals surface area contributed by atoms with Gasteiger partial charge in [-0.3, -0.25) is 15.1 Å². The van der Waals surface area contributed by atoms with Crippen molar-refractivity contribution in [2.45, 2.75) is 6.92 Å². The SMILES string of the molecule is CONC=CC(=O)Nc1ccccc1Oc1ncnc(Oc2cccc(Cl)c2C)c1F. The highest BCUT2D eigenvalue weighted by atomic mass is 35.5. The summed E-state index contributed by atoms with van der Waals surface area (Å²) in [5.41, 5.74) is 3.34. The zero-order valence-corrected chi connectivity index (χ0v) is 17.3.